The first-order valence-electron chi connectivity index (χ1n) is 6.04. The predicted molar refractivity (Wildman–Crippen MR) is 70.4 cm³/mol. The van der Waals surface area contributed by atoms with Gasteiger partial charge in [-0.3, -0.25) is 4.90 Å². The smallest absolute Gasteiger partial charge is 0.414 e. The molecule has 1 saturated heterocycles. The highest BCUT2D eigenvalue weighted by atomic mass is 16.6. The van der Waals surface area contributed by atoms with Crippen LogP contribution in [0.3, 0.4) is 0 Å². The summed E-state index contributed by atoms with van der Waals surface area (Å²) in [5, 5.41) is 8.20. The van der Waals surface area contributed by atoms with Gasteiger partial charge in [-0.2, -0.15) is 0 Å². The number of cyclic esters (lactones) is 1. The van der Waals surface area contributed by atoms with E-state index < -0.39 is 12.2 Å². The lowest BCUT2D eigenvalue weighted by Gasteiger charge is -2.12. The zero-order valence-corrected chi connectivity index (χ0v) is 10.7. The van der Waals surface area contributed by atoms with Gasteiger partial charge < -0.3 is 9.26 Å². The molecule has 0 saturated carbocycles. The number of anilines is 1. The van der Waals surface area contributed by atoms with Crippen molar-refractivity contribution < 1.29 is 14.1 Å². The normalized spacial score (nSPS) is 18.1. The van der Waals surface area contributed by atoms with E-state index in [-0.39, 0.29) is 6.54 Å². The zero-order chi connectivity index (χ0) is 14.1. The molecule has 8 heteroatoms. The molecule has 1 aromatic heterocycles. The molecule has 3 rings (SSSR count). The quantitative estimate of drug-likeness (QED) is 0.487. The maximum absolute atomic E-state index is 11.8. The molecule has 20 heavy (non-hydrogen) atoms. The van der Waals surface area contributed by atoms with Crippen molar-refractivity contribution >= 4 is 22.7 Å². The zero-order valence-electron chi connectivity index (χ0n) is 10.7. The summed E-state index contributed by atoms with van der Waals surface area (Å²) in [6, 6.07) is 5.40. The highest BCUT2D eigenvalue weighted by Crippen LogP contribution is 2.27. The lowest BCUT2D eigenvalue weighted by molar-refractivity contribution is 0.145. The highest BCUT2D eigenvalue weighted by molar-refractivity contribution is 5.93. The Morgan fingerprint density at radius 2 is 2.45 bits per heavy atom. The number of aryl methyl sites for hydroxylation is 1. The van der Waals surface area contributed by atoms with Crippen LogP contribution in [0.1, 0.15) is 5.69 Å². The molecule has 0 radical (unpaired) electrons. The van der Waals surface area contributed by atoms with Crippen molar-refractivity contribution in [3.05, 3.63) is 34.3 Å². The molecular formula is C12H11N5O3. The summed E-state index contributed by atoms with van der Waals surface area (Å²) in [6.07, 6.45) is -0.885. The van der Waals surface area contributed by atoms with Gasteiger partial charge in [0.15, 0.2) is 5.58 Å². The molecule has 0 aliphatic carbocycles. The molecule has 2 heterocycles. The summed E-state index contributed by atoms with van der Waals surface area (Å²) in [5.41, 5.74) is 10.4. The number of rotatable bonds is 3. The van der Waals surface area contributed by atoms with Crippen LogP contribution in [0.4, 0.5) is 10.5 Å². The molecule has 0 spiro atoms. The number of hydrogen-bond acceptors (Lipinski definition) is 5. The van der Waals surface area contributed by atoms with Gasteiger partial charge in [-0.25, -0.2) is 4.79 Å². The lowest BCUT2D eigenvalue weighted by atomic mass is 10.2. The SMILES string of the molecule is Cc1noc2cc(N3C[C@H](CN=[N+]=[N-])OC3=O)ccc12. The first-order valence-corrected chi connectivity index (χ1v) is 6.04. The second-order valence-electron chi connectivity index (χ2n) is 4.48. The number of amides is 1. The number of hydrogen-bond donors (Lipinski definition) is 0. The van der Waals surface area contributed by atoms with E-state index in [2.05, 4.69) is 15.2 Å². The monoisotopic (exact) mass is 273 g/mol. The van der Waals surface area contributed by atoms with E-state index in [1.165, 1.54) is 4.90 Å². The minimum absolute atomic E-state index is 0.127. The fraction of sp³-hybridized carbons (Fsp3) is 0.333. The van der Waals surface area contributed by atoms with Gasteiger partial charge in [0, 0.05) is 16.4 Å². The third-order valence-electron chi connectivity index (χ3n) is 3.17. The Bertz CT molecular complexity index is 719. The van der Waals surface area contributed by atoms with Crippen molar-refractivity contribution in [3.63, 3.8) is 0 Å². The fourth-order valence-electron chi connectivity index (χ4n) is 2.18. The Balaban J connectivity index is 1.87. The van der Waals surface area contributed by atoms with Crippen LogP contribution in [-0.4, -0.2) is 30.4 Å². The van der Waals surface area contributed by atoms with Gasteiger partial charge in [0.25, 0.3) is 0 Å². The van der Waals surface area contributed by atoms with E-state index >= 15 is 0 Å². The Kier molecular flexibility index (Phi) is 2.92. The number of azide groups is 1. The molecule has 0 N–H and O–H groups in total. The Morgan fingerprint density at radius 3 is 3.25 bits per heavy atom. The van der Waals surface area contributed by atoms with Crippen LogP contribution in [0.25, 0.3) is 21.4 Å². The van der Waals surface area contributed by atoms with Gasteiger partial charge in [-0.15, -0.1) is 0 Å². The van der Waals surface area contributed by atoms with Gasteiger partial charge >= 0.3 is 6.09 Å². The molecule has 1 atom stereocenters. The van der Waals surface area contributed by atoms with Crippen molar-refractivity contribution in [1.29, 1.82) is 0 Å². The van der Waals surface area contributed by atoms with E-state index in [1.807, 2.05) is 19.1 Å². The van der Waals surface area contributed by atoms with Gasteiger partial charge in [0.05, 0.1) is 24.5 Å². The summed E-state index contributed by atoms with van der Waals surface area (Å²) >= 11 is 0. The molecule has 8 nitrogen and oxygen atoms in total. The Morgan fingerprint density at radius 1 is 1.60 bits per heavy atom. The standard InChI is InChI=1S/C12H11N5O3/c1-7-10-3-2-8(4-11(10)20-15-7)17-6-9(5-14-16-13)19-12(17)18/h2-4,9H,5-6H2,1H3/t9-/m0/s1. The minimum atomic E-state index is -0.460. The summed E-state index contributed by atoms with van der Waals surface area (Å²) in [4.78, 5) is 16.0. The van der Waals surface area contributed by atoms with Gasteiger partial charge in [-0.05, 0) is 24.6 Å². The van der Waals surface area contributed by atoms with Crippen molar-refractivity contribution in [2.24, 2.45) is 5.11 Å². The van der Waals surface area contributed by atoms with Crippen LogP contribution in [0, 0.1) is 6.92 Å². The van der Waals surface area contributed by atoms with Crippen molar-refractivity contribution in [3.8, 4) is 0 Å². The molecule has 102 valence electrons. The van der Waals surface area contributed by atoms with Crippen LogP contribution in [0.5, 0.6) is 0 Å². The molecule has 1 amide bonds. The molecule has 0 bridgehead atoms. The third kappa shape index (κ3) is 2.02. The van der Waals surface area contributed by atoms with Crippen LogP contribution in [0.15, 0.2) is 27.8 Å². The first-order chi connectivity index (χ1) is 9.69. The minimum Gasteiger partial charge on any atom is -0.444 e. The van der Waals surface area contributed by atoms with E-state index in [0.717, 1.165) is 11.1 Å². The highest BCUT2D eigenvalue weighted by Gasteiger charge is 2.32. The molecule has 2 aromatic rings. The average Bonchev–Trinajstić information content (AvgIpc) is 3.00. The van der Waals surface area contributed by atoms with Gasteiger partial charge in [0.2, 0.25) is 0 Å². The second-order valence-corrected chi connectivity index (χ2v) is 4.48. The van der Waals surface area contributed by atoms with Crippen molar-refractivity contribution in [2.45, 2.75) is 13.0 Å². The van der Waals surface area contributed by atoms with E-state index in [0.29, 0.717) is 17.8 Å². The maximum Gasteiger partial charge on any atom is 0.414 e. The van der Waals surface area contributed by atoms with Gasteiger partial charge in [-0.1, -0.05) is 10.3 Å². The first kappa shape index (κ1) is 12.3. The second kappa shape index (κ2) is 4.75. The number of ether oxygens (including phenoxy) is 1. The Labute approximate surface area is 113 Å². The Hall–Kier alpha value is -2.73. The van der Waals surface area contributed by atoms with Gasteiger partial charge in [0.1, 0.15) is 6.10 Å². The number of aromatic nitrogens is 1. The number of nitrogens with zero attached hydrogens (tertiary/aromatic N) is 5. The molecule has 0 unspecified atom stereocenters. The summed E-state index contributed by atoms with van der Waals surface area (Å²) < 4.78 is 10.3. The van der Waals surface area contributed by atoms with Crippen molar-refractivity contribution in [1.82, 2.24) is 5.16 Å². The van der Waals surface area contributed by atoms with E-state index in [4.69, 9.17) is 14.8 Å². The van der Waals surface area contributed by atoms with Crippen LogP contribution >= 0.6 is 0 Å². The molecule has 1 aliphatic rings. The molecular weight excluding hydrogens is 262 g/mol. The fourth-order valence-corrected chi connectivity index (χ4v) is 2.18. The summed E-state index contributed by atoms with van der Waals surface area (Å²) in [7, 11) is 0. The number of carbonyl (C=O) groups is 1. The molecule has 1 fully saturated rings. The van der Waals surface area contributed by atoms with Crippen LogP contribution in [-0.2, 0) is 4.74 Å². The topological polar surface area (TPSA) is 104 Å². The summed E-state index contributed by atoms with van der Waals surface area (Å²) in [5.74, 6) is 0. The third-order valence-corrected chi connectivity index (χ3v) is 3.17. The summed E-state index contributed by atoms with van der Waals surface area (Å²) in [6.45, 7) is 2.32. The predicted octanol–water partition coefficient (Wildman–Crippen LogP) is 2.77. The van der Waals surface area contributed by atoms with E-state index in [9.17, 15) is 4.79 Å². The molecule has 1 aliphatic heterocycles. The number of fused-ring (bicyclic) bond motifs is 1. The largest absolute Gasteiger partial charge is 0.444 e. The van der Waals surface area contributed by atoms with Crippen molar-refractivity contribution in [2.75, 3.05) is 18.0 Å². The average molecular weight is 273 g/mol. The van der Waals surface area contributed by atoms with E-state index in [1.54, 1.807) is 6.07 Å². The maximum atomic E-state index is 11.8. The lowest BCUT2D eigenvalue weighted by Crippen LogP contribution is -2.24. The number of benzene rings is 1. The van der Waals surface area contributed by atoms with Crippen LogP contribution in [0.2, 0.25) is 0 Å². The number of carbonyl (C=O) groups excluding carboxylic acids is 1. The molecule has 1 aromatic carbocycles. The van der Waals surface area contributed by atoms with Crippen LogP contribution < -0.4 is 4.90 Å².